The topological polar surface area (TPSA) is 16.8 Å². The van der Waals surface area contributed by atoms with Gasteiger partial charge in [0.15, 0.2) is 5.69 Å². The molecule has 2 nitrogen and oxygen atoms in total. The molecule has 2 heterocycles. The average Bonchev–Trinajstić information content (AvgIpc) is 2.60. The molecule has 25 heavy (non-hydrogen) atoms. The zero-order valence-electron chi connectivity index (χ0n) is 17.0. The van der Waals surface area contributed by atoms with Crippen molar-refractivity contribution < 1.29 is 4.57 Å². The maximum Gasteiger partial charge on any atom is 0.287 e. The van der Waals surface area contributed by atoms with Crippen LogP contribution in [0.1, 0.15) is 79.0 Å². The molecule has 1 atom stereocenters. The van der Waals surface area contributed by atoms with Crippen molar-refractivity contribution in [3.8, 4) is 11.3 Å². The molecule has 0 saturated carbocycles. The molecule has 0 aliphatic carbocycles. The molecule has 3 rings (SSSR count). The van der Waals surface area contributed by atoms with Crippen LogP contribution in [0.3, 0.4) is 0 Å². The Morgan fingerprint density at radius 3 is 2.40 bits per heavy atom. The van der Waals surface area contributed by atoms with Gasteiger partial charge in [-0.05, 0) is 25.3 Å². The van der Waals surface area contributed by atoms with Gasteiger partial charge in [0.25, 0.3) is 6.33 Å². The van der Waals surface area contributed by atoms with E-state index in [1.807, 2.05) is 0 Å². The Bertz CT molecular complexity index is 788. The number of rotatable bonds is 4. The number of benzene rings is 1. The van der Waals surface area contributed by atoms with Crippen molar-refractivity contribution in [2.75, 3.05) is 0 Å². The summed E-state index contributed by atoms with van der Waals surface area (Å²) in [6, 6.07) is 11.3. The lowest BCUT2D eigenvalue weighted by Gasteiger charge is -2.47. The molecule has 0 fully saturated rings. The van der Waals surface area contributed by atoms with E-state index in [-0.39, 0.29) is 16.4 Å². The van der Waals surface area contributed by atoms with Crippen LogP contribution < -0.4 is 4.57 Å². The Balaban J connectivity index is 2.33. The fourth-order valence-corrected chi connectivity index (χ4v) is 4.33. The Labute approximate surface area is 153 Å². The summed E-state index contributed by atoms with van der Waals surface area (Å²) in [4.78, 5) is 4.91. The first-order valence-electron chi connectivity index (χ1n) is 9.71. The maximum absolute atomic E-state index is 4.91. The lowest BCUT2D eigenvalue weighted by molar-refractivity contribution is -0.767. The SMILES string of the molecule is CCCC1(C)[n+]2cnc(C(C)(C)CC)cc2-c2ccccc2C1(C)C. The van der Waals surface area contributed by atoms with Crippen LogP contribution in [-0.4, -0.2) is 4.98 Å². The summed E-state index contributed by atoms with van der Waals surface area (Å²) >= 11 is 0. The lowest BCUT2D eigenvalue weighted by Crippen LogP contribution is -2.67. The first kappa shape index (κ1) is 18.1. The van der Waals surface area contributed by atoms with E-state index in [0.717, 1.165) is 19.3 Å². The standard InChI is InChI=1S/C23H33N2/c1-8-14-23(7)22(5,6)18-13-11-10-12-17(18)19-15-20(21(3,4)9-2)24-16-25(19)23/h10-13,15-16H,8-9,14H2,1-7H3/q+1. The molecule has 1 unspecified atom stereocenters. The average molecular weight is 338 g/mol. The first-order chi connectivity index (χ1) is 11.7. The molecule has 0 saturated heterocycles. The zero-order chi connectivity index (χ0) is 18.5. The Morgan fingerprint density at radius 1 is 1.08 bits per heavy atom. The van der Waals surface area contributed by atoms with Crippen molar-refractivity contribution in [1.29, 1.82) is 0 Å². The second-order valence-electron chi connectivity index (χ2n) is 8.96. The van der Waals surface area contributed by atoms with E-state index in [0.29, 0.717) is 0 Å². The van der Waals surface area contributed by atoms with E-state index in [4.69, 9.17) is 4.98 Å². The second-order valence-corrected chi connectivity index (χ2v) is 8.96. The lowest BCUT2D eigenvalue weighted by atomic mass is 9.63. The molecule has 0 spiro atoms. The molecular formula is C23H33N2+. The summed E-state index contributed by atoms with van der Waals surface area (Å²) in [5, 5.41) is 0. The quantitative estimate of drug-likeness (QED) is 0.670. The van der Waals surface area contributed by atoms with Gasteiger partial charge in [0.2, 0.25) is 0 Å². The van der Waals surface area contributed by atoms with Crippen LogP contribution in [0, 0.1) is 0 Å². The van der Waals surface area contributed by atoms with Gasteiger partial charge in [0.05, 0.1) is 0 Å². The molecular weight excluding hydrogens is 304 g/mol. The molecule has 0 radical (unpaired) electrons. The molecule has 1 aromatic carbocycles. The highest BCUT2D eigenvalue weighted by Crippen LogP contribution is 2.47. The van der Waals surface area contributed by atoms with E-state index in [9.17, 15) is 0 Å². The van der Waals surface area contributed by atoms with Crippen LogP contribution in [0.2, 0.25) is 0 Å². The third-order valence-corrected chi connectivity index (χ3v) is 6.91. The summed E-state index contributed by atoms with van der Waals surface area (Å²) in [5.41, 5.74) is 5.49. The van der Waals surface area contributed by atoms with Gasteiger partial charge >= 0.3 is 0 Å². The van der Waals surface area contributed by atoms with Crippen LogP contribution in [0.5, 0.6) is 0 Å². The minimum absolute atomic E-state index is 0.0212. The molecule has 2 aromatic rings. The van der Waals surface area contributed by atoms with E-state index >= 15 is 0 Å². The highest BCUT2D eigenvalue weighted by Gasteiger charge is 2.52. The number of nitrogens with zero attached hydrogens (tertiary/aromatic N) is 2. The van der Waals surface area contributed by atoms with Crippen molar-refractivity contribution in [3.05, 3.63) is 47.9 Å². The summed E-state index contributed by atoms with van der Waals surface area (Å²) in [5.74, 6) is 0. The van der Waals surface area contributed by atoms with Crippen LogP contribution in [-0.2, 0) is 16.4 Å². The van der Waals surface area contributed by atoms with Crippen LogP contribution in [0.25, 0.3) is 11.3 Å². The van der Waals surface area contributed by atoms with Crippen LogP contribution in [0.15, 0.2) is 36.7 Å². The number of hydrogen-bond acceptors (Lipinski definition) is 1. The van der Waals surface area contributed by atoms with E-state index in [2.05, 4.69) is 89.7 Å². The van der Waals surface area contributed by atoms with Gasteiger partial charge in [0.1, 0.15) is 11.2 Å². The number of fused-ring (bicyclic) bond motifs is 3. The van der Waals surface area contributed by atoms with Crippen molar-refractivity contribution >= 4 is 0 Å². The Kier molecular flexibility index (Phi) is 4.29. The van der Waals surface area contributed by atoms with Gasteiger partial charge in [-0.15, -0.1) is 0 Å². The van der Waals surface area contributed by atoms with Crippen molar-refractivity contribution in [1.82, 2.24) is 4.98 Å². The van der Waals surface area contributed by atoms with Gasteiger partial charge in [-0.3, -0.25) is 0 Å². The van der Waals surface area contributed by atoms with Crippen molar-refractivity contribution in [2.24, 2.45) is 0 Å². The third-order valence-electron chi connectivity index (χ3n) is 6.91. The highest BCUT2D eigenvalue weighted by atomic mass is 15.1. The van der Waals surface area contributed by atoms with Crippen LogP contribution in [0.4, 0.5) is 0 Å². The molecule has 1 aliphatic rings. The van der Waals surface area contributed by atoms with Gasteiger partial charge in [-0.25, -0.2) is 4.57 Å². The van der Waals surface area contributed by atoms with E-state index in [1.54, 1.807) is 0 Å². The fraction of sp³-hybridized carbons (Fsp3) is 0.565. The highest BCUT2D eigenvalue weighted by molar-refractivity contribution is 5.65. The third kappa shape index (κ3) is 2.53. The molecule has 134 valence electrons. The molecule has 1 aromatic heterocycles. The fourth-order valence-electron chi connectivity index (χ4n) is 4.33. The predicted octanol–water partition coefficient (Wildman–Crippen LogP) is 5.53. The Hall–Kier alpha value is -1.70. The Morgan fingerprint density at radius 2 is 1.76 bits per heavy atom. The van der Waals surface area contributed by atoms with Gasteiger partial charge in [-0.2, -0.15) is 0 Å². The molecule has 0 amide bonds. The monoisotopic (exact) mass is 337 g/mol. The maximum atomic E-state index is 4.91. The minimum Gasteiger partial charge on any atom is -0.224 e. The van der Waals surface area contributed by atoms with Crippen molar-refractivity contribution in [2.45, 2.75) is 84.1 Å². The van der Waals surface area contributed by atoms with Gasteiger partial charge < -0.3 is 0 Å². The first-order valence-corrected chi connectivity index (χ1v) is 9.71. The summed E-state index contributed by atoms with van der Waals surface area (Å²) < 4.78 is 2.45. The van der Waals surface area contributed by atoms with Crippen molar-refractivity contribution in [3.63, 3.8) is 0 Å². The van der Waals surface area contributed by atoms with Gasteiger partial charge in [-0.1, -0.05) is 77.2 Å². The van der Waals surface area contributed by atoms with E-state index < -0.39 is 0 Å². The number of aromatic nitrogens is 2. The minimum atomic E-state index is 0.0212. The largest absolute Gasteiger partial charge is 0.287 e. The van der Waals surface area contributed by atoms with E-state index in [1.165, 1.54) is 22.5 Å². The summed E-state index contributed by atoms with van der Waals surface area (Å²) in [6.07, 6.45) is 5.50. The molecule has 0 bridgehead atoms. The summed E-state index contributed by atoms with van der Waals surface area (Å²) in [6.45, 7) is 16.3. The molecule has 0 N–H and O–H groups in total. The predicted molar refractivity (Wildman–Crippen MR) is 105 cm³/mol. The second kappa shape index (κ2) is 5.93. The smallest absolute Gasteiger partial charge is 0.224 e. The number of hydrogen-bond donors (Lipinski definition) is 0. The van der Waals surface area contributed by atoms with Crippen LogP contribution >= 0.6 is 0 Å². The zero-order valence-corrected chi connectivity index (χ0v) is 17.0. The summed E-state index contributed by atoms with van der Waals surface area (Å²) in [7, 11) is 0. The molecule has 1 aliphatic heterocycles. The van der Waals surface area contributed by atoms with Gasteiger partial charge in [0, 0.05) is 22.5 Å². The normalized spacial score (nSPS) is 21.6. The molecule has 2 heteroatoms.